The Morgan fingerprint density at radius 2 is 1.61 bits per heavy atom. The minimum absolute atomic E-state index is 0. The highest BCUT2D eigenvalue weighted by Crippen LogP contribution is 2.37. The number of phenolic OH excluding ortho intramolecular Hbond substituents is 1. The van der Waals surface area contributed by atoms with Gasteiger partial charge in [-0.3, -0.25) is 29.0 Å². The van der Waals surface area contributed by atoms with Crippen LogP contribution < -0.4 is 5.32 Å². The van der Waals surface area contributed by atoms with Crippen LogP contribution in [0.5, 0.6) is 5.75 Å². The topological polar surface area (TPSA) is 153 Å². The molecule has 2 aromatic rings. The Balaban J connectivity index is 0.00000702. The number of benzene rings is 1. The first-order chi connectivity index (χ1) is 23.6. The lowest BCUT2D eigenvalue weighted by molar-refractivity contribution is -0.137. The molecule has 1 aromatic carbocycles. The summed E-state index contributed by atoms with van der Waals surface area (Å²) in [5.41, 5.74) is 3.55. The summed E-state index contributed by atoms with van der Waals surface area (Å²) in [5.74, 6) is 0.672. The lowest BCUT2D eigenvalue weighted by atomic mass is 9.88. The number of aromatic nitrogens is 1. The van der Waals surface area contributed by atoms with Crippen molar-refractivity contribution in [1.29, 1.82) is 0 Å². The second kappa shape index (κ2) is 19.1. The predicted molar refractivity (Wildman–Crippen MR) is 205 cm³/mol. The maximum Gasteiger partial charge on any atom is 0.253 e. The van der Waals surface area contributed by atoms with Crippen molar-refractivity contribution in [3.63, 3.8) is 0 Å². The Bertz CT molecular complexity index is 1520. The van der Waals surface area contributed by atoms with Gasteiger partial charge in [-0.1, -0.05) is 33.6 Å². The average molecular weight is 727 g/mol. The normalized spacial score (nSPS) is 16.7. The third-order valence-electron chi connectivity index (χ3n) is 9.52. The number of nitrogens with zero attached hydrogens (tertiary/aromatic N) is 2. The zero-order valence-electron chi connectivity index (χ0n) is 31.8. The van der Waals surface area contributed by atoms with E-state index in [1.807, 2.05) is 6.07 Å². The van der Waals surface area contributed by atoms with Gasteiger partial charge in [0.25, 0.3) is 11.8 Å². The molecule has 4 N–H and O–H groups in total. The molecule has 2 aliphatic heterocycles. The molecule has 1 saturated heterocycles. The molecule has 0 aliphatic carbocycles. The molecule has 0 unspecified atom stereocenters. The minimum Gasteiger partial charge on any atom is -0.870 e. The van der Waals surface area contributed by atoms with E-state index in [2.05, 4.69) is 62.8 Å². The number of carbonyl (C=O) groups is 4. The summed E-state index contributed by atoms with van der Waals surface area (Å²) in [7, 11) is 0. The molecular formula is C40H62N4O6S. The molecular weight excluding hydrogens is 665 g/mol. The molecule has 3 heterocycles. The number of fused-ring (bicyclic) bond motifs is 1. The third-order valence-corrected chi connectivity index (χ3v) is 10.8. The number of thiol groups is 1. The number of unbranched alkanes of at least 4 members (excludes halogenated alkanes) is 4. The minimum atomic E-state index is -0.259. The van der Waals surface area contributed by atoms with E-state index in [4.69, 9.17) is 0 Å². The van der Waals surface area contributed by atoms with Crippen LogP contribution in [0.2, 0.25) is 0 Å². The summed E-state index contributed by atoms with van der Waals surface area (Å²) >= 11 is 1.26. The highest BCUT2D eigenvalue weighted by atomic mass is 32.2. The number of amides is 3. The SMILES string of the molecule is CC(C)(C)Cc1c([SH+]C(C)(C)C)[nH]c2c(CN3CC[C@H](CCC(=O)CCCCCNC(=O)CCCCCN4C(=O)C=CC4=O)C3)c(O)ccc12.[OH-]. The number of carbonyl (C=O) groups excluding carboxylic acids is 4. The van der Waals surface area contributed by atoms with Crippen molar-refractivity contribution in [2.75, 3.05) is 26.2 Å². The maximum atomic E-state index is 12.7. The van der Waals surface area contributed by atoms with Crippen LogP contribution >= 0.6 is 0 Å². The number of ketones is 1. The van der Waals surface area contributed by atoms with Crippen molar-refractivity contribution in [1.82, 2.24) is 20.1 Å². The smallest absolute Gasteiger partial charge is 0.253 e. The van der Waals surface area contributed by atoms with Gasteiger partial charge in [-0.2, -0.15) is 0 Å². The molecule has 4 rings (SSSR count). The molecule has 3 amide bonds. The molecule has 0 bridgehead atoms. The summed E-state index contributed by atoms with van der Waals surface area (Å²) < 4.78 is 0.121. The third kappa shape index (κ3) is 13.4. The van der Waals surface area contributed by atoms with Crippen LogP contribution in [0.4, 0.5) is 0 Å². The van der Waals surface area contributed by atoms with Gasteiger partial charge in [-0.15, -0.1) is 0 Å². The Morgan fingerprint density at radius 1 is 0.922 bits per heavy atom. The molecule has 0 spiro atoms. The lowest BCUT2D eigenvalue weighted by Gasteiger charge is -2.19. The molecule has 284 valence electrons. The highest BCUT2D eigenvalue weighted by Gasteiger charge is 2.31. The Morgan fingerprint density at radius 3 is 2.29 bits per heavy atom. The van der Waals surface area contributed by atoms with Crippen molar-refractivity contribution >= 4 is 46.2 Å². The van der Waals surface area contributed by atoms with Gasteiger partial charge in [-0.05, 0) is 95.7 Å². The number of Topliss-reactive ketones (excluding diaryl/α,β-unsaturated/α-hetero) is 1. The van der Waals surface area contributed by atoms with E-state index in [1.165, 1.54) is 44.8 Å². The van der Waals surface area contributed by atoms with Gasteiger partial charge < -0.3 is 20.9 Å². The first kappa shape index (κ1) is 42.3. The number of likely N-dealkylation sites (tertiary alicyclic amines) is 1. The molecule has 2 aliphatic rings. The van der Waals surface area contributed by atoms with Crippen LogP contribution in [-0.4, -0.2) is 79.8 Å². The zero-order valence-corrected chi connectivity index (χ0v) is 32.7. The number of aromatic hydroxyl groups is 1. The number of hydrogen-bond donors (Lipinski definition) is 3. The summed E-state index contributed by atoms with van der Waals surface area (Å²) in [6.45, 7) is 17.3. The quantitative estimate of drug-likeness (QED) is 0.0639. The van der Waals surface area contributed by atoms with Crippen LogP contribution in [-0.2, 0) is 43.9 Å². The molecule has 10 nitrogen and oxygen atoms in total. The van der Waals surface area contributed by atoms with Crippen LogP contribution in [0.15, 0.2) is 29.3 Å². The molecule has 51 heavy (non-hydrogen) atoms. The van der Waals surface area contributed by atoms with Gasteiger partial charge in [0.05, 0.1) is 5.52 Å². The summed E-state index contributed by atoms with van der Waals surface area (Å²) in [4.78, 5) is 55.3. The summed E-state index contributed by atoms with van der Waals surface area (Å²) in [6, 6.07) is 3.95. The molecule has 0 radical (unpaired) electrons. The lowest BCUT2D eigenvalue weighted by Crippen LogP contribution is -2.30. The Hall–Kier alpha value is -3.15. The van der Waals surface area contributed by atoms with E-state index >= 15 is 0 Å². The zero-order chi connectivity index (χ0) is 36.5. The van der Waals surface area contributed by atoms with Gasteiger partial charge in [-0.25, -0.2) is 0 Å². The Kier molecular flexibility index (Phi) is 15.8. The monoisotopic (exact) mass is 726 g/mol. The number of nitrogens with one attached hydrogen (secondary N) is 2. The second-order valence-electron chi connectivity index (χ2n) is 16.6. The first-order valence-electron chi connectivity index (χ1n) is 18.7. The van der Waals surface area contributed by atoms with Crippen molar-refractivity contribution in [3.8, 4) is 5.75 Å². The molecule has 1 aromatic heterocycles. The van der Waals surface area contributed by atoms with Crippen molar-refractivity contribution in [2.24, 2.45) is 11.3 Å². The maximum absolute atomic E-state index is 12.7. The van der Waals surface area contributed by atoms with E-state index in [1.54, 1.807) is 0 Å². The molecule has 0 saturated carbocycles. The number of rotatable bonds is 19. The number of H-pyrrole nitrogens is 1. The number of aromatic amines is 1. The van der Waals surface area contributed by atoms with Crippen molar-refractivity contribution in [3.05, 3.63) is 35.4 Å². The predicted octanol–water partition coefficient (Wildman–Crippen LogP) is 6.59. The van der Waals surface area contributed by atoms with Gasteiger partial charge >= 0.3 is 0 Å². The number of hydrogen-bond acceptors (Lipinski definition) is 7. The van der Waals surface area contributed by atoms with Crippen LogP contribution in [0.1, 0.15) is 123 Å². The highest BCUT2D eigenvalue weighted by molar-refractivity contribution is 7.80. The van der Waals surface area contributed by atoms with E-state index in [-0.39, 0.29) is 33.4 Å². The summed E-state index contributed by atoms with van der Waals surface area (Å²) in [6.07, 6.45) is 12.0. The van der Waals surface area contributed by atoms with Crippen molar-refractivity contribution < 1.29 is 29.8 Å². The molecule has 11 heteroatoms. The first-order valence-corrected chi connectivity index (χ1v) is 19.6. The van der Waals surface area contributed by atoms with Gasteiger partial charge in [0.1, 0.15) is 16.3 Å². The second-order valence-corrected chi connectivity index (χ2v) is 18.6. The molecule has 1 atom stereocenters. The fourth-order valence-electron chi connectivity index (χ4n) is 6.98. The largest absolute Gasteiger partial charge is 0.870 e. The average Bonchev–Trinajstić information content (AvgIpc) is 3.71. The number of imide groups is 1. The van der Waals surface area contributed by atoms with E-state index in [0.717, 1.165) is 75.5 Å². The standard InChI is InChI=1S/C40H60N4O5S.H2O/c1-39(2,3)25-31-30-17-18-33(46)32(37(30)42-38(31)50-40(4,5)6)27-43-24-21-28(26-43)15-16-29(45)13-9-7-11-22-41-34(47)14-10-8-12-23-44-35(48)19-20-36(44)49;/h17-20,28,42,46H,7-16,21-27H2,1-6H3,(H,41,47);1H2/t28-;/m0./s1. The fourth-order valence-corrected chi connectivity index (χ4v) is 8.16. The van der Waals surface area contributed by atoms with Gasteiger partial charge in [0, 0.05) is 85.9 Å². The van der Waals surface area contributed by atoms with E-state index in [0.29, 0.717) is 62.8 Å². The van der Waals surface area contributed by atoms with Crippen LogP contribution in [0, 0.1) is 11.3 Å². The van der Waals surface area contributed by atoms with E-state index in [9.17, 15) is 24.3 Å². The Labute approximate surface area is 308 Å². The van der Waals surface area contributed by atoms with Gasteiger partial charge in [0.2, 0.25) is 10.9 Å². The number of phenols is 1. The fraction of sp³-hybridized carbons (Fsp3) is 0.650. The summed E-state index contributed by atoms with van der Waals surface area (Å²) in [5, 5.41) is 16.4. The van der Waals surface area contributed by atoms with Crippen LogP contribution in [0.25, 0.3) is 10.9 Å². The van der Waals surface area contributed by atoms with Crippen molar-refractivity contribution in [2.45, 2.75) is 135 Å². The van der Waals surface area contributed by atoms with E-state index < -0.39 is 0 Å². The van der Waals surface area contributed by atoms with Crippen LogP contribution in [0.3, 0.4) is 0 Å². The van der Waals surface area contributed by atoms with Gasteiger partial charge in [0.15, 0.2) is 0 Å². The molecule has 1 fully saturated rings.